The Balaban J connectivity index is 1.14. The van der Waals surface area contributed by atoms with Crippen LogP contribution in [-0.4, -0.2) is 34.2 Å². The number of aromatic nitrogens is 1. The van der Waals surface area contributed by atoms with Crippen molar-refractivity contribution in [3.05, 3.63) is 64.8 Å². The molecule has 5 nitrogen and oxygen atoms in total. The molecule has 1 unspecified atom stereocenters. The third kappa shape index (κ3) is 3.40. The van der Waals surface area contributed by atoms with Crippen LogP contribution in [0.15, 0.2) is 42.5 Å². The van der Waals surface area contributed by atoms with Gasteiger partial charge in [-0.2, -0.15) is 0 Å². The first-order valence-electron chi connectivity index (χ1n) is 12.8. The monoisotopic (exact) mass is 455 g/mol. The summed E-state index contributed by atoms with van der Waals surface area (Å²) in [5.74, 6) is 0.410. The highest BCUT2D eigenvalue weighted by Crippen LogP contribution is 2.49. The highest BCUT2D eigenvalue weighted by atomic mass is 16.2. The SMILES string of the molecule is CC(=O)Cn1c2c(c3ccccc31)CCN(CCCCC13CCCc4cccc(c41)NC3=O)C2. The van der Waals surface area contributed by atoms with E-state index >= 15 is 0 Å². The van der Waals surface area contributed by atoms with Crippen LogP contribution in [0, 0.1) is 0 Å². The zero-order valence-electron chi connectivity index (χ0n) is 20.0. The number of carbonyl (C=O) groups excluding carboxylic acids is 2. The number of benzene rings is 2. The van der Waals surface area contributed by atoms with E-state index in [-0.39, 0.29) is 17.1 Å². The Morgan fingerprint density at radius 1 is 1.09 bits per heavy atom. The number of ketones is 1. The summed E-state index contributed by atoms with van der Waals surface area (Å²) in [6.07, 6.45) is 7.27. The minimum atomic E-state index is -0.312. The summed E-state index contributed by atoms with van der Waals surface area (Å²) < 4.78 is 2.24. The van der Waals surface area contributed by atoms with E-state index in [9.17, 15) is 9.59 Å². The topological polar surface area (TPSA) is 54.3 Å². The Morgan fingerprint density at radius 3 is 2.85 bits per heavy atom. The van der Waals surface area contributed by atoms with Gasteiger partial charge in [0, 0.05) is 35.4 Å². The average molecular weight is 456 g/mol. The molecule has 3 aromatic rings. The molecule has 0 spiro atoms. The van der Waals surface area contributed by atoms with Gasteiger partial charge in [-0.3, -0.25) is 14.5 Å². The van der Waals surface area contributed by atoms with Gasteiger partial charge in [0.15, 0.2) is 0 Å². The Morgan fingerprint density at radius 2 is 1.97 bits per heavy atom. The van der Waals surface area contributed by atoms with Crippen LogP contribution in [0.25, 0.3) is 10.9 Å². The molecule has 6 rings (SSSR count). The molecule has 1 amide bonds. The van der Waals surface area contributed by atoms with Gasteiger partial charge in [0.25, 0.3) is 0 Å². The van der Waals surface area contributed by atoms with Crippen molar-refractivity contribution in [2.45, 2.75) is 70.4 Å². The summed E-state index contributed by atoms with van der Waals surface area (Å²) in [7, 11) is 0. The van der Waals surface area contributed by atoms with Gasteiger partial charge < -0.3 is 9.88 Å². The number of amides is 1. The van der Waals surface area contributed by atoms with Crippen molar-refractivity contribution >= 4 is 28.3 Å². The first-order valence-corrected chi connectivity index (χ1v) is 12.8. The van der Waals surface area contributed by atoms with Gasteiger partial charge in [0.05, 0.1) is 12.0 Å². The van der Waals surface area contributed by atoms with E-state index in [0.29, 0.717) is 6.54 Å². The van der Waals surface area contributed by atoms with Crippen molar-refractivity contribution in [3.63, 3.8) is 0 Å². The molecule has 0 radical (unpaired) electrons. The fraction of sp³-hybridized carbons (Fsp3) is 0.448. The summed E-state index contributed by atoms with van der Waals surface area (Å²) in [6.45, 7) is 5.11. The number of carbonyl (C=O) groups is 2. The molecular weight excluding hydrogens is 422 g/mol. The Kier molecular flexibility index (Phi) is 5.33. The third-order valence-corrected chi connectivity index (χ3v) is 8.32. The molecule has 1 aromatic heterocycles. The number of nitrogens with one attached hydrogen (secondary N) is 1. The molecular formula is C29H33N3O2. The van der Waals surface area contributed by atoms with Gasteiger partial charge in [0.1, 0.15) is 5.78 Å². The van der Waals surface area contributed by atoms with E-state index < -0.39 is 0 Å². The maximum atomic E-state index is 13.1. The molecule has 2 aromatic carbocycles. The summed E-state index contributed by atoms with van der Waals surface area (Å²) >= 11 is 0. The van der Waals surface area contributed by atoms with Gasteiger partial charge in [-0.15, -0.1) is 0 Å². The minimum absolute atomic E-state index is 0.196. The van der Waals surface area contributed by atoms with Crippen LogP contribution in [-0.2, 0) is 40.9 Å². The van der Waals surface area contributed by atoms with Crippen LogP contribution < -0.4 is 5.32 Å². The lowest BCUT2D eigenvalue weighted by atomic mass is 9.68. The second-order valence-electron chi connectivity index (χ2n) is 10.4. The quantitative estimate of drug-likeness (QED) is 0.511. The normalized spacial score (nSPS) is 21.4. The van der Waals surface area contributed by atoms with Crippen LogP contribution in [0.4, 0.5) is 5.69 Å². The molecule has 1 N–H and O–H groups in total. The maximum Gasteiger partial charge on any atom is 0.235 e. The number of hydrogen-bond acceptors (Lipinski definition) is 3. The molecule has 34 heavy (non-hydrogen) atoms. The highest BCUT2D eigenvalue weighted by Gasteiger charge is 2.48. The first-order chi connectivity index (χ1) is 16.6. The Hall–Kier alpha value is -2.92. The molecule has 0 fully saturated rings. The summed E-state index contributed by atoms with van der Waals surface area (Å²) in [5.41, 5.74) is 7.30. The number of unbranched alkanes of at least 4 members (excludes halogenated alkanes) is 1. The number of hydrogen-bond donors (Lipinski definition) is 1. The van der Waals surface area contributed by atoms with Gasteiger partial charge in [0.2, 0.25) is 5.91 Å². The number of nitrogens with zero attached hydrogens (tertiary/aromatic N) is 2. The van der Waals surface area contributed by atoms with Crippen molar-refractivity contribution < 1.29 is 9.59 Å². The fourth-order valence-corrected chi connectivity index (χ4v) is 6.82. The van der Waals surface area contributed by atoms with Crippen LogP contribution in [0.3, 0.4) is 0 Å². The van der Waals surface area contributed by atoms with Gasteiger partial charge in [-0.1, -0.05) is 36.8 Å². The predicted octanol–water partition coefficient (Wildman–Crippen LogP) is 4.99. The molecule has 3 aliphatic rings. The summed E-state index contributed by atoms with van der Waals surface area (Å²) in [5, 5.41) is 4.48. The van der Waals surface area contributed by atoms with E-state index in [2.05, 4.69) is 57.2 Å². The van der Waals surface area contributed by atoms with Gasteiger partial charge in [-0.25, -0.2) is 0 Å². The lowest BCUT2D eigenvalue weighted by molar-refractivity contribution is -0.121. The number of aryl methyl sites for hydroxylation is 1. The number of para-hydroxylation sites is 1. The maximum absolute atomic E-state index is 13.1. The van der Waals surface area contributed by atoms with E-state index in [1.807, 2.05) is 0 Å². The minimum Gasteiger partial charge on any atom is -0.336 e. The molecule has 1 aliphatic carbocycles. The van der Waals surface area contributed by atoms with Crippen LogP contribution >= 0.6 is 0 Å². The van der Waals surface area contributed by atoms with Crippen LogP contribution in [0.5, 0.6) is 0 Å². The van der Waals surface area contributed by atoms with E-state index in [1.165, 1.54) is 33.3 Å². The highest BCUT2D eigenvalue weighted by molar-refractivity contribution is 6.07. The molecule has 176 valence electrons. The first kappa shape index (κ1) is 21.6. The van der Waals surface area contributed by atoms with Crippen molar-refractivity contribution in [2.75, 3.05) is 18.4 Å². The van der Waals surface area contributed by atoms with Gasteiger partial charge >= 0.3 is 0 Å². The third-order valence-electron chi connectivity index (χ3n) is 8.32. The number of fused-ring (bicyclic) bond motifs is 3. The summed E-state index contributed by atoms with van der Waals surface area (Å²) in [6, 6.07) is 14.8. The standard InChI is InChI=1S/C29H33N3O2/c1-20(33)18-32-25-12-3-2-10-22(25)23-13-17-31(19-26(23)32)16-5-4-14-29-15-7-9-21-8-6-11-24(27(21)29)30-28(29)34/h2-3,6,8,10-12H,4-5,7,9,13-19H2,1H3,(H,30,34). The summed E-state index contributed by atoms with van der Waals surface area (Å²) in [4.78, 5) is 27.6. The molecule has 5 heteroatoms. The van der Waals surface area contributed by atoms with Crippen molar-refractivity contribution in [3.8, 4) is 0 Å². The predicted molar refractivity (Wildman–Crippen MR) is 135 cm³/mol. The molecule has 2 aliphatic heterocycles. The van der Waals surface area contributed by atoms with Crippen LogP contribution in [0.1, 0.15) is 61.4 Å². The molecule has 0 saturated carbocycles. The molecule has 1 atom stereocenters. The molecule has 0 saturated heterocycles. The molecule has 3 heterocycles. The largest absolute Gasteiger partial charge is 0.336 e. The number of anilines is 1. The second-order valence-corrected chi connectivity index (χ2v) is 10.4. The fourth-order valence-electron chi connectivity index (χ4n) is 6.82. The number of rotatable bonds is 7. The van der Waals surface area contributed by atoms with Crippen molar-refractivity contribution in [2.24, 2.45) is 0 Å². The second kappa shape index (κ2) is 8.38. The van der Waals surface area contributed by atoms with E-state index in [0.717, 1.165) is 70.3 Å². The Bertz CT molecular complexity index is 1290. The lowest BCUT2D eigenvalue weighted by Gasteiger charge is -2.33. The Labute approximate surface area is 201 Å². The van der Waals surface area contributed by atoms with Crippen LogP contribution in [0.2, 0.25) is 0 Å². The molecule has 0 bridgehead atoms. The van der Waals surface area contributed by atoms with Crippen molar-refractivity contribution in [1.82, 2.24) is 9.47 Å². The van der Waals surface area contributed by atoms with E-state index in [1.54, 1.807) is 6.92 Å². The van der Waals surface area contributed by atoms with Gasteiger partial charge in [-0.05, 0) is 80.8 Å². The number of Topliss-reactive ketones (excluding diaryl/α,β-unsaturated/α-hetero) is 1. The smallest absolute Gasteiger partial charge is 0.235 e. The van der Waals surface area contributed by atoms with E-state index in [4.69, 9.17) is 0 Å². The lowest BCUT2D eigenvalue weighted by Crippen LogP contribution is -2.37. The zero-order valence-corrected chi connectivity index (χ0v) is 20.0. The average Bonchev–Trinajstić information content (AvgIpc) is 3.30. The van der Waals surface area contributed by atoms with Crippen molar-refractivity contribution in [1.29, 1.82) is 0 Å². The zero-order chi connectivity index (χ0) is 23.3.